The molecule has 0 radical (unpaired) electrons. The third-order valence-corrected chi connectivity index (χ3v) is 2.23. The van der Waals surface area contributed by atoms with Crippen LogP contribution < -0.4 is 11.1 Å². The van der Waals surface area contributed by atoms with Crippen LogP contribution in [0.15, 0.2) is 29.3 Å². The third-order valence-electron chi connectivity index (χ3n) is 2.23. The van der Waals surface area contributed by atoms with E-state index in [2.05, 4.69) is 10.3 Å². The molecule has 1 heterocycles. The van der Waals surface area contributed by atoms with E-state index in [4.69, 9.17) is 10.5 Å². The zero-order chi connectivity index (χ0) is 10.5. The lowest BCUT2D eigenvalue weighted by Crippen LogP contribution is -2.24. The zero-order valence-electron chi connectivity index (χ0n) is 8.57. The first-order valence-corrected chi connectivity index (χ1v) is 5.05. The van der Waals surface area contributed by atoms with E-state index in [1.807, 2.05) is 24.3 Å². The Bertz CT molecular complexity index is 363. The summed E-state index contributed by atoms with van der Waals surface area (Å²) in [5.41, 5.74) is 7.69. The number of nitrogens with two attached hydrogens (primary N) is 1. The molecule has 15 heavy (non-hydrogen) atoms. The monoisotopic (exact) mass is 205 g/mol. The molecule has 0 spiro atoms. The Balaban J connectivity index is 2.06. The maximum atomic E-state index is 5.57. The van der Waals surface area contributed by atoms with Crippen molar-refractivity contribution >= 4 is 11.5 Å². The minimum absolute atomic E-state index is 0.554. The molecule has 80 valence electrons. The van der Waals surface area contributed by atoms with Gasteiger partial charge in [-0.2, -0.15) is 0 Å². The predicted molar refractivity (Wildman–Crippen MR) is 61.1 cm³/mol. The van der Waals surface area contributed by atoms with Crippen molar-refractivity contribution in [2.75, 3.05) is 25.1 Å². The van der Waals surface area contributed by atoms with Crippen molar-refractivity contribution in [1.29, 1.82) is 0 Å². The lowest BCUT2D eigenvalue weighted by Gasteiger charge is -2.14. The quantitative estimate of drug-likeness (QED) is 0.756. The van der Waals surface area contributed by atoms with Gasteiger partial charge in [0.1, 0.15) is 12.4 Å². The van der Waals surface area contributed by atoms with Gasteiger partial charge in [-0.3, -0.25) is 4.99 Å². The summed E-state index contributed by atoms with van der Waals surface area (Å²) in [6.07, 6.45) is 0. The van der Waals surface area contributed by atoms with Gasteiger partial charge in [-0.05, 0) is 17.7 Å². The van der Waals surface area contributed by atoms with Crippen molar-refractivity contribution in [3.8, 4) is 0 Å². The summed E-state index contributed by atoms with van der Waals surface area (Å²) in [5.74, 6) is 0.885. The van der Waals surface area contributed by atoms with Gasteiger partial charge >= 0.3 is 0 Å². The second kappa shape index (κ2) is 4.91. The van der Waals surface area contributed by atoms with Gasteiger partial charge in [0.2, 0.25) is 0 Å². The second-order valence-electron chi connectivity index (χ2n) is 3.41. The molecule has 0 unspecified atom stereocenters. The Morgan fingerprint density at radius 3 is 3.13 bits per heavy atom. The molecule has 0 amide bonds. The van der Waals surface area contributed by atoms with Crippen LogP contribution in [0.25, 0.3) is 0 Å². The molecule has 1 aromatic carbocycles. The smallest absolute Gasteiger partial charge is 0.127 e. The van der Waals surface area contributed by atoms with Crippen LogP contribution in [0.4, 0.5) is 5.69 Å². The SMILES string of the molecule is NCc1cccc(NC2=NCCOC2)c1. The fourth-order valence-electron chi connectivity index (χ4n) is 1.48. The molecule has 4 nitrogen and oxygen atoms in total. The van der Waals surface area contributed by atoms with Crippen molar-refractivity contribution < 1.29 is 4.74 Å². The largest absolute Gasteiger partial charge is 0.372 e. The van der Waals surface area contributed by atoms with E-state index in [1.165, 1.54) is 0 Å². The highest BCUT2D eigenvalue weighted by molar-refractivity contribution is 5.96. The summed E-state index contributed by atoms with van der Waals surface area (Å²) >= 11 is 0. The van der Waals surface area contributed by atoms with E-state index in [0.29, 0.717) is 19.8 Å². The molecule has 0 saturated carbocycles. The van der Waals surface area contributed by atoms with Gasteiger partial charge in [0.25, 0.3) is 0 Å². The number of anilines is 1. The number of rotatable bonds is 2. The van der Waals surface area contributed by atoms with Gasteiger partial charge in [-0.15, -0.1) is 0 Å². The number of benzene rings is 1. The topological polar surface area (TPSA) is 59.6 Å². The van der Waals surface area contributed by atoms with E-state index in [0.717, 1.165) is 23.6 Å². The highest BCUT2D eigenvalue weighted by atomic mass is 16.5. The number of hydrogen-bond donors (Lipinski definition) is 2. The number of amidine groups is 1. The van der Waals surface area contributed by atoms with E-state index in [-0.39, 0.29) is 0 Å². The minimum Gasteiger partial charge on any atom is -0.372 e. The molecule has 2 rings (SSSR count). The van der Waals surface area contributed by atoms with Crippen LogP contribution in [-0.4, -0.2) is 25.6 Å². The highest BCUT2D eigenvalue weighted by Crippen LogP contribution is 2.10. The van der Waals surface area contributed by atoms with E-state index in [9.17, 15) is 0 Å². The number of ether oxygens (including phenoxy) is 1. The Hall–Kier alpha value is -1.39. The summed E-state index contributed by atoms with van der Waals surface area (Å²) in [7, 11) is 0. The fourth-order valence-corrected chi connectivity index (χ4v) is 1.48. The van der Waals surface area contributed by atoms with E-state index >= 15 is 0 Å². The average Bonchev–Trinajstić information content (AvgIpc) is 2.31. The van der Waals surface area contributed by atoms with Crippen LogP contribution in [0.1, 0.15) is 5.56 Å². The van der Waals surface area contributed by atoms with Crippen molar-refractivity contribution in [3.05, 3.63) is 29.8 Å². The first kappa shape index (κ1) is 10.1. The molecular formula is C11H15N3O. The third kappa shape index (κ3) is 2.78. The second-order valence-corrected chi connectivity index (χ2v) is 3.41. The number of hydrogen-bond acceptors (Lipinski definition) is 4. The molecule has 0 fully saturated rings. The van der Waals surface area contributed by atoms with E-state index in [1.54, 1.807) is 0 Å². The summed E-state index contributed by atoms with van der Waals surface area (Å²) in [6, 6.07) is 8.01. The normalized spacial score (nSPS) is 15.9. The summed E-state index contributed by atoms with van der Waals surface area (Å²) < 4.78 is 5.29. The van der Waals surface area contributed by atoms with Crippen molar-refractivity contribution in [2.45, 2.75) is 6.54 Å². The average molecular weight is 205 g/mol. The van der Waals surface area contributed by atoms with Gasteiger partial charge in [-0.25, -0.2) is 0 Å². The standard InChI is InChI=1S/C11H15N3O/c12-7-9-2-1-3-10(6-9)14-11-8-15-5-4-13-11/h1-3,6H,4-5,7-8,12H2,(H,13,14). The van der Waals surface area contributed by atoms with Crippen molar-refractivity contribution in [3.63, 3.8) is 0 Å². The van der Waals surface area contributed by atoms with Crippen LogP contribution >= 0.6 is 0 Å². The first-order valence-electron chi connectivity index (χ1n) is 5.05. The van der Waals surface area contributed by atoms with Crippen LogP contribution in [0.5, 0.6) is 0 Å². The Morgan fingerprint density at radius 2 is 2.40 bits per heavy atom. The Kier molecular flexibility index (Phi) is 3.32. The summed E-state index contributed by atoms with van der Waals surface area (Å²) in [4.78, 5) is 4.33. The minimum atomic E-state index is 0.554. The molecule has 1 aliphatic heterocycles. The molecule has 1 aromatic rings. The summed E-state index contributed by atoms with van der Waals surface area (Å²) in [6.45, 7) is 2.57. The van der Waals surface area contributed by atoms with E-state index < -0.39 is 0 Å². The molecule has 0 saturated heterocycles. The molecular weight excluding hydrogens is 190 g/mol. The van der Waals surface area contributed by atoms with Gasteiger partial charge in [0.05, 0.1) is 13.2 Å². The first-order chi connectivity index (χ1) is 7.38. The zero-order valence-corrected chi connectivity index (χ0v) is 8.57. The van der Waals surface area contributed by atoms with Crippen LogP contribution in [0.2, 0.25) is 0 Å². The number of nitrogens with zero attached hydrogens (tertiary/aromatic N) is 1. The Labute approximate surface area is 89.1 Å². The molecule has 4 heteroatoms. The van der Waals surface area contributed by atoms with Crippen LogP contribution in [-0.2, 0) is 11.3 Å². The van der Waals surface area contributed by atoms with Crippen LogP contribution in [0.3, 0.4) is 0 Å². The molecule has 0 atom stereocenters. The van der Waals surface area contributed by atoms with Gasteiger partial charge in [0, 0.05) is 12.2 Å². The maximum absolute atomic E-state index is 5.57. The fraction of sp³-hybridized carbons (Fsp3) is 0.364. The molecule has 3 N–H and O–H groups in total. The highest BCUT2D eigenvalue weighted by Gasteiger charge is 2.05. The lowest BCUT2D eigenvalue weighted by molar-refractivity contribution is 0.171. The summed E-state index contributed by atoms with van der Waals surface area (Å²) in [5, 5.41) is 3.22. The van der Waals surface area contributed by atoms with Crippen molar-refractivity contribution in [2.24, 2.45) is 10.7 Å². The van der Waals surface area contributed by atoms with Gasteiger partial charge in [0.15, 0.2) is 0 Å². The van der Waals surface area contributed by atoms with Gasteiger partial charge in [-0.1, -0.05) is 12.1 Å². The molecule has 1 aliphatic rings. The van der Waals surface area contributed by atoms with Gasteiger partial charge < -0.3 is 15.8 Å². The Morgan fingerprint density at radius 1 is 1.47 bits per heavy atom. The number of nitrogens with one attached hydrogen (secondary N) is 1. The maximum Gasteiger partial charge on any atom is 0.127 e. The molecule has 0 aliphatic carbocycles. The predicted octanol–water partition coefficient (Wildman–Crippen LogP) is 0.986. The van der Waals surface area contributed by atoms with Crippen molar-refractivity contribution in [1.82, 2.24) is 0 Å². The molecule has 0 aromatic heterocycles. The van der Waals surface area contributed by atoms with Crippen LogP contribution in [0, 0.1) is 0 Å². The molecule has 0 bridgehead atoms. The lowest BCUT2D eigenvalue weighted by atomic mass is 10.2. The number of aliphatic imine (C=N–C) groups is 1.